The lowest BCUT2D eigenvalue weighted by Crippen LogP contribution is -2.37. The molecule has 0 rings (SSSR count). The van der Waals surface area contributed by atoms with Crippen molar-refractivity contribution < 1.29 is 4.79 Å². The molecular formula is C8H19N4O. The standard InChI is InChI=1S/C8H19N4O/c9-4-1-3-7(11)8(13)12-6-2-5-10/h7H,1-6,9-11H2/t7-/m0/s1. The molecule has 5 heteroatoms. The molecule has 0 bridgehead atoms. The number of carbonyl (C=O) groups excluding carboxylic acids is 1. The summed E-state index contributed by atoms with van der Waals surface area (Å²) in [5.74, 6) is -0.234. The predicted molar refractivity (Wildman–Crippen MR) is 51.9 cm³/mol. The molecule has 0 saturated heterocycles. The summed E-state index contributed by atoms with van der Waals surface area (Å²) < 4.78 is 0. The molecule has 0 aliphatic rings. The third kappa shape index (κ3) is 6.51. The zero-order valence-corrected chi connectivity index (χ0v) is 7.91. The normalized spacial score (nSPS) is 12.5. The molecule has 0 aliphatic carbocycles. The van der Waals surface area contributed by atoms with Gasteiger partial charge in [-0.15, -0.1) is 0 Å². The quantitative estimate of drug-likeness (QED) is 0.423. The highest BCUT2D eigenvalue weighted by molar-refractivity contribution is 5.81. The van der Waals surface area contributed by atoms with E-state index in [0.717, 1.165) is 12.8 Å². The summed E-state index contributed by atoms with van der Waals surface area (Å²) in [6, 6.07) is -0.485. The first-order valence-corrected chi connectivity index (χ1v) is 4.59. The summed E-state index contributed by atoms with van der Waals surface area (Å²) in [7, 11) is 0. The van der Waals surface area contributed by atoms with Crippen LogP contribution in [0.2, 0.25) is 0 Å². The van der Waals surface area contributed by atoms with Gasteiger partial charge in [0.2, 0.25) is 0 Å². The van der Waals surface area contributed by atoms with Gasteiger partial charge < -0.3 is 17.2 Å². The third-order valence-electron chi connectivity index (χ3n) is 1.67. The van der Waals surface area contributed by atoms with Gasteiger partial charge in [0, 0.05) is 6.54 Å². The van der Waals surface area contributed by atoms with Gasteiger partial charge in [-0.05, 0) is 32.4 Å². The first-order valence-electron chi connectivity index (χ1n) is 4.59. The first kappa shape index (κ1) is 12.3. The highest BCUT2D eigenvalue weighted by Crippen LogP contribution is 1.93. The number of nitrogens with zero attached hydrogens (tertiary/aromatic N) is 1. The molecule has 0 spiro atoms. The highest BCUT2D eigenvalue weighted by Gasteiger charge is 2.12. The molecule has 1 atom stereocenters. The van der Waals surface area contributed by atoms with Gasteiger partial charge in [0.15, 0.2) is 0 Å². The van der Waals surface area contributed by atoms with Gasteiger partial charge in [-0.3, -0.25) is 10.1 Å². The maximum Gasteiger partial charge on any atom is 0.258 e. The van der Waals surface area contributed by atoms with Crippen LogP contribution in [0.4, 0.5) is 0 Å². The van der Waals surface area contributed by atoms with Crippen LogP contribution in [-0.4, -0.2) is 31.6 Å². The lowest BCUT2D eigenvalue weighted by Gasteiger charge is -2.08. The van der Waals surface area contributed by atoms with Gasteiger partial charge in [-0.2, -0.15) is 0 Å². The Morgan fingerprint density at radius 1 is 1.23 bits per heavy atom. The number of hydrogen-bond acceptors (Lipinski definition) is 4. The van der Waals surface area contributed by atoms with Crippen LogP contribution < -0.4 is 22.5 Å². The second-order valence-electron chi connectivity index (χ2n) is 2.90. The van der Waals surface area contributed by atoms with E-state index in [4.69, 9.17) is 17.2 Å². The van der Waals surface area contributed by atoms with Crippen LogP contribution >= 0.6 is 0 Å². The molecule has 6 N–H and O–H groups in total. The molecule has 1 radical (unpaired) electrons. The van der Waals surface area contributed by atoms with E-state index in [1.807, 2.05) is 0 Å². The fourth-order valence-corrected chi connectivity index (χ4v) is 0.859. The monoisotopic (exact) mass is 187 g/mol. The molecule has 13 heavy (non-hydrogen) atoms. The molecule has 0 unspecified atom stereocenters. The molecule has 0 aliphatic heterocycles. The summed E-state index contributed by atoms with van der Waals surface area (Å²) in [6.45, 7) is 1.59. The van der Waals surface area contributed by atoms with E-state index in [1.54, 1.807) is 0 Å². The minimum atomic E-state index is -0.485. The lowest BCUT2D eigenvalue weighted by atomic mass is 10.1. The van der Waals surface area contributed by atoms with E-state index in [0.29, 0.717) is 26.1 Å². The zero-order valence-electron chi connectivity index (χ0n) is 7.91. The summed E-state index contributed by atoms with van der Waals surface area (Å²) in [4.78, 5) is 11.2. The van der Waals surface area contributed by atoms with Crippen molar-refractivity contribution in [2.24, 2.45) is 17.2 Å². The fraction of sp³-hybridized carbons (Fsp3) is 0.875. The van der Waals surface area contributed by atoms with Crippen molar-refractivity contribution in [2.45, 2.75) is 25.3 Å². The minimum Gasteiger partial charge on any atom is -0.330 e. The predicted octanol–water partition coefficient (Wildman–Crippen LogP) is -1.47. The minimum absolute atomic E-state index is 0.234. The van der Waals surface area contributed by atoms with Crippen LogP contribution in [0.15, 0.2) is 0 Å². The Kier molecular flexibility index (Phi) is 7.57. The van der Waals surface area contributed by atoms with E-state index in [1.165, 1.54) is 0 Å². The van der Waals surface area contributed by atoms with Crippen LogP contribution in [0, 0.1) is 0 Å². The van der Waals surface area contributed by atoms with Crippen LogP contribution in [0.3, 0.4) is 0 Å². The van der Waals surface area contributed by atoms with Crippen molar-refractivity contribution in [3.63, 3.8) is 0 Å². The molecule has 0 aromatic rings. The zero-order chi connectivity index (χ0) is 10.1. The number of rotatable bonds is 7. The van der Waals surface area contributed by atoms with Crippen LogP contribution in [-0.2, 0) is 4.79 Å². The molecule has 5 nitrogen and oxygen atoms in total. The average Bonchev–Trinajstić information content (AvgIpc) is 2.14. The molecule has 1 amide bonds. The molecular weight excluding hydrogens is 168 g/mol. The van der Waals surface area contributed by atoms with Gasteiger partial charge in [0.25, 0.3) is 5.91 Å². The Labute approximate surface area is 79.0 Å². The fourth-order valence-electron chi connectivity index (χ4n) is 0.859. The Morgan fingerprint density at radius 3 is 2.38 bits per heavy atom. The van der Waals surface area contributed by atoms with Crippen molar-refractivity contribution in [3.05, 3.63) is 0 Å². The van der Waals surface area contributed by atoms with Crippen molar-refractivity contribution in [1.82, 2.24) is 5.32 Å². The summed E-state index contributed by atoms with van der Waals surface area (Å²) >= 11 is 0. The Balaban J connectivity index is 3.45. The molecule has 0 aromatic carbocycles. The second-order valence-corrected chi connectivity index (χ2v) is 2.90. The van der Waals surface area contributed by atoms with E-state index >= 15 is 0 Å². The smallest absolute Gasteiger partial charge is 0.258 e. The topological polar surface area (TPSA) is 109 Å². The van der Waals surface area contributed by atoms with Gasteiger partial charge in [-0.1, -0.05) is 0 Å². The van der Waals surface area contributed by atoms with Crippen molar-refractivity contribution in [2.75, 3.05) is 19.6 Å². The Hall–Kier alpha value is -0.650. The Bertz CT molecular complexity index is 140. The van der Waals surface area contributed by atoms with Gasteiger partial charge in [-0.25, -0.2) is 0 Å². The SMILES string of the molecule is NCCC[N]C(=O)[C@@H](N)CCCN. The van der Waals surface area contributed by atoms with Crippen molar-refractivity contribution in [1.29, 1.82) is 0 Å². The average molecular weight is 187 g/mol. The van der Waals surface area contributed by atoms with Crippen LogP contribution in [0.5, 0.6) is 0 Å². The van der Waals surface area contributed by atoms with E-state index < -0.39 is 6.04 Å². The summed E-state index contributed by atoms with van der Waals surface area (Å²) in [5.41, 5.74) is 16.1. The number of hydrogen-bond donors (Lipinski definition) is 3. The number of nitrogens with two attached hydrogens (primary N) is 3. The number of amides is 1. The van der Waals surface area contributed by atoms with E-state index in [9.17, 15) is 4.79 Å². The van der Waals surface area contributed by atoms with Gasteiger partial charge in [0.05, 0.1) is 6.04 Å². The maximum atomic E-state index is 11.2. The highest BCUT2D eigenvalue weighted by atomic mass is 16.2. The van der Waals surface area contributed by atoms with Gasteiger partial charge in [0.1, 0.15) is 0 Å². The molecule has 0 saturated carbocycles. The Morgan fingerprint density at radius 2 is 1.85 bits per heavy atom. The molecule has 77 valence electrons. The van der Waals surface area contributed by atoms with Crippen LogP contribution in [0.1, 0.15) is 19.3 Å². The third-order valence-corrected chi connectivity index (χ3v) is 1.67. The first-order chi connectivity index (χ1) is 6.22. The largest absolute Gasteiger partial charge is 0.330 e. The maximum absolute atomic E-state index is 11.2. The summed E-state index contributed by atoms with van der Waals surface area (Å²) in [6.07, 6.45) is 2.11. The van der Waals surface area contributed by atoms with Crippen molar-refractivity contribution in [3.8, 4) is 0 Å². The lowest BCUT2D eigenvalue weighted by molar-refractivity contribution is -0.122. The van der Waals surface area contributed by atoms with Crippen molar-refractivity contribution >= 4 is 5.91 Å². The van der Waals surface area contributed by atoms with Gasteiger partial charge >= 0.3 is 0 Å². The molecule has 0 heterocycles. The molecule has 0 fully saturated rings. The summed E-state index contributed by atoms with van der Waals surface area (Å²) in [5, 5.41) is 3.78. The molecule has 0 aromatic heterocycles. The van der Waals surface area contributed by atoms with E-state index in [2.05, 4.69) is 5.32 Å². The number of carbonyl (C=O) groups is 1. The second kappa shape index (κ2) is 7.97. The van der Waals surface area contributed by atoms with Crippen LogP contribution in [0.25, 0.3) is 0 Å². The van der Waals surface area contributed by atoms with E-state index in [-0.39, 0.29) is 5.91 Å².